The third-order valence-corrected chi connectivity index (χ3v) is 3.68. The second-order valence-corrected chi connectivity index (χ2v) is 5.58. The van der Waals surface area contributed by atoms with Crippen molar-refractivity contribution in [3.8, 4) is 0 Å². The molecule has 1 amide bonds. The topological polar surface area (TPSA) is 49.9 Å². The van der Waals surface area contributed by atoms with E-state index in [1.807, 2.05) is 6.08 Å². The first-order valence-corrected chi connectivity index (χ1v) is 7.35. The van der Waals surface area contributed by atoms with Crippen LogP contribution in [0, 0.1) is 5.92 Å². The Morgan fingerprint density at radius 1 is 1.29 bits per heavy atom. The largest absolute Gasteiger partial charge is 0.465 e. The molecule has 0 unspecified atom stereocenters. The van der Waals surface area contributed by atoms with Gasteiger partial charge in [0.25, 0.3) is 0 Å². The van der Waals surface area contributed by atoms with Crippen LogP contribution >= 0.6 is 0 Å². The minimum atomic E-state index is -0.293. The lowest BCUT2D eigenvalue weighted by molar-refractivity contribution is -0.143. The Kier molecular flexibility index (Phi) is 6.46. The van der Waals surface area contributed by atoms with Crippen LogP contribution in [-0.2, 0) is 14.3 Å². The average Bonchev–Trinajstić information content (AvgIpc) is 2.34. The number of rotatable bonds is 7. The van der Waals surface area contributed by atoms with E-state index >= 15 is 0 Å². The van der Waals surface area contributed by atoms with Gasteiger partial charge in [0.05, 0.1) is 6.61 Å². The Bertz CT molecular complexity index is 437. The van der Waals surface area contributed by atoms with E-state index in [-0.39, 0.29) is 18.4 Å². The molecule has 0 radical (unpaired) electrons. The fourth-order valence-electron chi connectivity index (χ4n) is 2.12. The quantitative estimate of drug-likeness (QED) is 0.408. The summed E-state index contributed by atoms with van der Waals surface area (Å²) in [5.74, 6) is 0.0386. The number of ether oxygens (including phenoxy) is 1. The fraction of sp³-hybridized carbons (Fsp3) is 0.625. The van der Waals surface area contributed by atoms with Crippen LogP contribution in [0.25, 0.3) is 0 Å². The summed E-state index contributed by atoms with van der Waals surface area (Å²) in [6.07, 6.45) is 5.06. The lowest BCUT2D eigenvalue weighted by Gasteiger charge is -2.30. The Morgan fingerprint density at radius 3 is 2.33 bits per heavy atom. The molecule has 0 bridgehead atoms. The second-order valence-electron chi connectivity index (χ2n) is 5.58. The van der Waals surface area contributed by atoms with Gasteiger partial charge < -0.3 is 14.5 Å². The highest BCUT2D eigenvalue weighted by Gasteiger charge is 2.27. The molecule has 0 heterocycles. The van der Waals surface area contributed by atoms with Crippen molar-refractivity contribution in [3.63, 3.8) is 0 Å². The first kappa shape index (κ1) is 17.3. The maximum atomic E-state index is 12.3. The van der Waals surface area contributed by atoms with Gasteiger partial charge in [0.15, 0.2) is 0 Å². The monoisotopic (exact) mass is 294 g/mol. The molecule has 0 spiro atoms. The third kappa shape index (κ3) is 4.92. The molecule has 5 heteroatoms. The smallest absolute Gasteiger partial charge is 0.325 e. The number of carbonyl (C=O) groups is 2. The summed E-state index contributed by atoms with van der Waals surface area (Å²) in [5, 5.41) is 0. The normalized spacial score (nSPS) is 15.1. The molecule has 1 saturated carbocycles. The fourth-order valence-corrected chi connectivity index (χ4v) is 2.12. The molecule has 0 aliphatic heterocycles. The molecule has 0 aromatic carbocycles. The van der Waals surface area contributed by atoms with Gasteiger partial charge in [-0.15, -0.1) is 0 Å². The number of amides is 1. The first-order chi connectivity index (χ1) is 9.86. The molecule has 1 aliphatic carbocycles. The highest BCUT2D eigenvalue weighted by atomic mass is 16.5. The molecular weight excluding hydrogens is 268 g/mol. The van der Waals surface area contributed by atoms with E-state index in [4.69, 9.17) is 4.74 Å². The van der Waals surface area contributed by atoms with E-state index < -0.39 is 0 Å². The van der Waals surface area contributed by atoms with Crippen LogP contribution in [0.4, 0.5) is 0 Å². The highest BCUT2D eigenvalue weighted by molar-refractivity contribution is 5.94. The summed E-state index contributed by atoms with van der Waals surface area (Å²) in [6.45, 7) is 6.23. The van der Waals surface area contributed by atoms with Gasteiger partial charge in [-0.25, -0.2) is 0 Å². The summed E-state index contributed by atoms with van der Waals surface area (Å²) in [6, 6.07) is 0. The Labute approximate surface area is 127 Å². The summed E-state index contributed by atoms with van der Waals surface area (Å²) < 4.78 is 4.92. The van der Waals surface area contributed by atoms with E-state index in [0.717, 1.165) is 24.8 Å². The van der Waals surface area contributed by atoms with Crippen molar-refractivity contribution in [1.29, 1.82) is 0 Å². The number of carbonyl (C=O) groups excluding carboxylic acids is 2. The number of allylic oxidation sites excluding steroid dienone is 1. The molecule has 1 rings (SSSR count). The molecule has 0 aromatic heterocycles. The standard InChI is InChI=1S/C16H26N2O3/c1-6-21-15(19)11-18(5)12(2)10-14(13-8-7-9-13)16(20)17(3)4/h10,13H,2,6-9,11H2,1,3-5H3/b14-10+. The van der Waals surface area contributed by atoms with E-state index in [1.54, 1.807) is 37.9 Å². The SMILES string of the molecule is C=C(/C=C(/C(=O)N(C)C)C1CCC1)N(C)CC(=O)OCC. The van der Waals surface area contributed by atoms with Crippen molar-refractivity contribution in [1.82, 2.24) is 9.80 Å². The van der Waals surface area contributed by atoms with Gasteiger partial charge >= 0.3 is 5.97 Å². The van der Waals surface area contributed by atoms with E-state index in [2.05, 4.69) is 6.58 Å². The van der Waals surface area contributed by atoms with Gasteiger partial charge in [-0.2, -0.15) is 0 Å². The van der Waals surface area contributed by atoms with Crippen LogP contribution in [0.15, 0.2) is 23.9 Å². The Balaban J connectivity index is 2.76. The van der Waals surface area contributed by atoms with Gasteiger partial charge in [0, 0.05) is 32.4 Å². The maximum Gasteiger partial charge on any atom is 0.325 e. The lowest BCUT2D eigenvalue weighted by Crippen LogP contribution is -2.31. The van der Waals surface area contributed by atoms with Gasteiger partial charge in [-0.3, -0.25) is 9.59 Å². The van der Waals surface area contributed by atoms with Crippen LogP contribution in [0.3, 0.4) is 0 Å². The van der Waals surface area contributed by atoms with Crippen molar-refractivity contribution in [2.24, 2.45) is 5.92 Å². The molecule has 1 fully saturated rings. The van der Waals surface area contributed by atoms with Crippen molar-refractivity contribution >= 4 is 11.9 Å². The van der Waals surface area contributed by atoms with E-state index in [0.29, 0.717) is 18.2 Å². The zero-order chi connectivity index (χ0) is 16.0. The third-order valence-electron chi connectivity index (χ3n) is 3.68. The van der Waals surface area contributed by atoms with Crippen LogP contribution in [0.2, 0.25) is 0 Å². The molecule has 0 aromatic rings. The van der Waals surface area contributed by atoms with Crippen LogP contribution < -0.4 is 0 Å². The van der Waals surface area contributed by atoms with Crippen LogP contribution in [0.1, 0.15) is 26.2 Å². The number of nitrogens with zero attached hydrogens (tertiary/aromatic N) is 2. The number of likely N-dealkylation sites (N-methyl/N-ethyl adjacent to an activating group) is 2. The molecule has 118 valence electrons. The van der Waals surface area contributed by atoms with Gasteiger partial charge in [-0.1, -0.05) is 13.0 Å². The molecule has 0 atom stereocenters. The van der Waals surface area contributed by atoms with E-state index in [9.17, 15) is 9.59 Å². The molecule has 1 aliphatic rings. The van der Waals surface area contributed by atoms with Gasteiger partial charge in [0.2, 0.25) is 5.91 Å². The van der Waals surface area contributed by atoms with Crippen LogP contribution in [0.5, 0.6) is 0 Å². The van der Waals surface area contributed by atoms with Crippen molar-refractivity contribution in [2.75, 3.05) is 34.3 Å². The second kappa shape index (κ2) is 7.86. The van der Waals surface area contributed by atoms with Crippen molar-refractivity contribution in [2.45, 2.75) is 26.2 Å². The maximum absolute atomic E-state index is 12.3. The summed E-state index contributed by atoms with van der Waals surface area (Å²) in [4.78, 5) is 27.0. The Hall–Kier alpha value is -1.78. The predicted octanol–water partition coefficient (Wildman–Crippen LogP) is 1.81. The van der Waals surface area contributed by atoms with Crippen molar-refractivity contribution in [3.05, 3.63) is 23.9 Å². The molecule has 0 N–H and O–H groups in total. The van der Waals surface area contributed by atoms with Crippen LogP contribution in [-0.4, -0.2) is 56.0 Å². The summed E-state index contributed by atoms with van der Waals surface area (Å²) in [5.41, 5.74) is 1.44. The highest BCUT2D eigenvalue weighted by Crippen LogP contribution is 2.34. The predicted molar refractivity (Wildman–Crippen MR) is 82.5 cm³/mol. The number of hydrogen-bond donors (Lipinski definition) is 0. The molecule has 5 nitrogen and oxygen atoms in total. The molecular formula is C16H26N2O3. The molecule has 0 saturated heterocycles. The number of esters is 1. The zero-order valence-electron chi connectivity index (χ0n) is 13.5. The first-order valence-electron chi connectivity index (χ1n) is 7.35. The van der Waals surface area contributed by atoms with E-state index in [1.165, 1.54) is 0 Å². The summed E-state index contributed by atoms with van der Waals surface area (Å²) in [7, 11) is 5.27. The van der Waals surface area contributed by atoms with Gasteiger partial charge in [0.1, 0.15) is 6.54 Å². The van der Waals surface area contributed by atoms with Gasteiger partial charge in [-0.05, 0) is 31.8 Å². The number of hydrogen-bond acceptors (Lipinski definition) is 4. The average molecular weight is 294 g/mol. The zero-order valence-corrected chi connectivity index (χ0v) is 13.5. The Morgan fingerprint density at radius 2 is 1.90 bits per heavy atom. The lowest BCUT2D eigenvalue weighted by atomic mass is 9.78. The summed E-state index contributed by atoms with van der Waals surface area (Å²) >= 11 is 0. The molecule has 21 heavy (non-hydrogen) atoms. The van der Waals surface area contributed by atoms with Crippen molar-refractivity contribution < 1.29 is 14.3 Å². The minimum absolute atomic E-state index is 0.0189. The minimum Gasteiger partial charge on any atom is -0.465 e.